The minimum Gasteiger partial charge on any atom is -0.322 e. The van der Waals surface area contributed by atoms with Crippen LogP contribution in [0.5, 0.6) is 0 Å². The van der Waals surface area contributed by atoms with E-state index >= 15 is 0 Å². The van der Waals surface area contributed by atoms with Gasteiger partial charge in [-0.25, -0.2) is 13.4 Å². The highest BCUT2D eigenvalue weighted by atomic mass is 32.2. The van der Waals surface area contributed by atoms with Crippen molar-refractivity contribution in [2.24, 2.45) is 0 Å². The van der Waals surface area contributed by atoms with E-state index in [9.17, 15) is 13.2 Å². The number of fused-ring (bicyclic) bond motifs is 1. The van der Waals surface area contributed by atoms with E-state index in [4.69, 9.17) is 4.98 Å². The lowest BCUT2D eigenvalue weighted by Gasteiger charge is -2.14. The second-order valence-corrected chi connectivity index (χ2v) is 11.9. The zero-order valence-corrected chi connectivity index (χ0v) is 21.7. The maximum Gasteiger partial charge on any atom is 0.256 e. The molecule has 0 unspecified atom stereocenters. The van der Waals surface area contributed by atoms with Crippen molar-refractivity contribution >= 4 is 43.0 Å². The molecule has 0 radical (unpaired) electrons. The SMILES string of the molecule is Cc1cc(C)cc(-c2cc(S(C)(=O)=O)ccc2C(=O)Nc2cccc(-c3nc4ccccc4s3)c2)c1. The third kappa shape index (κ3) is 4.94. The van der Waals surface area contributed by atoms with Gasteiger partial charge in [0, 0.05) is 23.1 Å². The number of sulfone groups is 1. The number of thiazole rings is 1. The van der Waals surface area contributed by atoms with E-state index in [0.29, 0.717) is 16.8 Å². The van der Waals surface area contributed by atoms with Crippen LogP contribution in [0, 0.1) is 13.8 Å². The lowest BCUT2D eigenvalue weighted by Crippen LogP contribution is -2.14. The Labute approximate surface area is 214 Å². The molecule has 0 aliphatic carbocycles. The van der Waals surface area contributed by atoms with Gasteiger partial charge in [-0.1, -0.05) is 53.6 Å². The predicted octanol–water partition coefficient (Wildman–Crippen LogP) is 6.90. The molecule has 1 N–H and O–H groups in total. The van der Waals surface area contributed by atoms with Gasteiger partial charge in [-0.15, -0.1) is 11.3 Å². The maximum absolute atomic E-state index is 13.5. The third-order valence-corrected chi connectivity index (χ3v) is 8.05. The normalized spacial score (nSPS) is 11.5. The highest BCUT2D eigenvalue weighted by Crippen LogP contribution is 2.32. The smallest absolute Gasteiger partial charge is 0.256 e. The van der Waals surface area contributed by atoms with E-state index in [0.717, 1.165) is 37.5 Å². The van der Waals surface area contributed by atoms with Gasteiger partial charge in [-0.05, 0) is 67.4 Å². The number of carbonyl (C=O) groups excluding carboxylic acids is 1. The van der Waals surface area contributed by atoms with E-state index in [2.05, 4.69) is 5.32 Å². The predicted molar refractivity (Wildman–Crippen MR) is 147 cm³/mol. The monoisotopic (exact) mass is 512 g/mol. The van der Waals surface area contributed by atoms with Gasteiger partial charge in [-0.3, -0.25) is 4.79 Å². The summed E-state index contributed by atoms with van der Waals surface area (Å²) in [6.45, 7) is 3.95. The summed E-state index contributed by atoms with van der Waals surface area (Å²) >= 11 is 1.60. The number of nitrogens with zero attached hydrogens (tertiary/aromatic N) is 1. The van der Waals surface area contributed by atoms with Crippen molar-refractivity contribution in [1.82, 2.24) is 4.98 Å². The molecular formula is C29H24N2O3S2. The first-order valence-corrected chi connectivity index (χ1v) is 14.1. The molecule has 1 aromatic heterocycles. The summed E-state index contributed by atoms with van der Waals surface area (Å²) in [5.74, 6) is -0.314. The number of para-hydroxylation sites is 1. The number of anilines is 1. The molecule has 4 aromatic carbocycles. The van der Waals surface area contributed by atoms with Gasteiger partial charge >= 0.3 is 0 Å². The van der Waals surface area contributed by atoms with E-state index in [1.54, 1.807) is 23.5 Å². The average Bonchev–Trinajstić information content (AvgIpc) is 3.27. The molecule has 0 aliphatic heterocycles. The molecule has 5 nitrogen and oxygen atoms in total. The second kappa shape index (κ2) is 9.33. The Kier molecular flexibility index (Phi) is 6.20. The summed E-state index contributed by atoms with van der Waals surface area (Å²) in [5.41, 5.74) is 6.32. The molecule has 0 aliphatic rings. The summed E-state index contributed by atoms with van der Waals surface area (Å²) in [5, 5.41) is 3.86. The highest BCUT2D eigenvalue weighted by Gasteiger charge is 2.18. The number of rotatable bonds is 5. The number of hydrogen-bond acceptors (Lipinski definition) is 5. The van der Waals surface area contributed by atoms with Gasteiger partial charge in [0.05, 0.1) is 15.1 Å². The number of amides is 1. The van der Waals surface area contributed by atoms with Crippen LogP contribution in [0.15, 0.2) is 89.8 Å². The average molecular weight is 513 g/mol. The van der Waals surface area contributed by atoms with E-state index in [-0.39, 0.29) is 10.8 Å². The summed E-state index contributed by atoms with van der Waals surface area (Å²) in [7, 11) is -3.44. The lowest BCUT2D eigenvalue weighted by molar-refractivity contribution is 0.102. The second-order valence-electron chi connectivity index (χ2n) is 8.88. The van der Waals surface area contributed by atoms with Crippen LogP contribution >= 0.6 is 11.3 Å². The van der Waals surface area contributed by atoms with Crippen molar-refractivity contribution in [2.75, 3.05) is 11.6 Å². The molecule has 7 heteroatoms. The molecular weight excluding hydrogens is 488 g/mol. The van der Waals surface area contributed by atoms with Crippen LogP contribution in [-0.4, -0.2) is 25.6 Å². The van der Waals surface area contributed by atoms with Gasteiger partial charge in [-0.2, -0.15) is 0 Å². The first-order valence-electron chi connectivity index (χ1n) is 11.4. The van der Waals surface area contributed by atoms with Gasteiger partial charge in [0.1, 0.15) is 5.01 Å². The first-order chi connectivity index (χ1) is 17.2. The Hall–Kier alpha value is -3.81. The Balaban J connectivity index is 1.52. The number of benzene rings is 4. The fourth-order valence-electron chi connectivity index (χ4n) is 4.25. The Morgan fingerprint density at radius 3 is 2.31 bits per heavy atom. The summed E-state index contributed by atoms with van der Waals surface area (Å²) in [4.78, 5) is 18.3. The molecule has 0 saturated heterocycles. The fraction of sp³-hybridized carbons (Fsp3) is 0.103. The van der Waals surface area contributed by atoms with Crippen LogP contribution in [0.4, 0.5) is 5.69 Å². The zero-order valence-electron chi connectivity index (χ0n) is 20.1. The molecule has 1 amide bonds. The van der Waals surface area contributed by atoms with Gasteiger partial charge < -0.3 is 5.32 Å². The van der Waals surface area contributed by atoms with E-state index in [1.165, 1.54) is 12.3 Å². The largest absolute Gasteiger partial charge is 0.322 e. The molecule has 0 saturated carbocycles. The van der Waals surface area contributed by atoms with E-state index < -0.39 is 9.84 Å². The molecule has 0 fully saturated rings. The maximum atomic E-state index is 13.5. The summed E-state index contributed by atoms with van der Waals surface area (Å²) in [6.07, 6.45) is 1.17. The first kappa shape index (κ1) is 23.9. The van der Waals surface area contributed by atoms with Crippen molar-refractivity contribution in [2.45, 2.75) is 18.7 Å². The van der Waals surface area contributed by atoms with Gasteiger partial charge in [0.15, 0.2) is 9.84 Å². The minimum atomic E-state index is -3.44. The van der Waals surface area contributed by atoms with Crippen molar-refractivity contribution in [3.8, 4) is 21.7 Å². The van der Waals surface area contributed by atoms with Crippen LogP contribution in [0.2, 0.25) is 0 Å². The molecule has 36 heavy (non-hydrogen) atoms. The molecule has 5 rings (SSSR count). The fourth-order valence-corrected chi connectivity index (χ4v) is 5.85. The Bertz CT molecular complexity index is 1680. The quantitative estimate of drug-likeness (QED) is 0.278. The van der Waals surface area contributed by atoms with Crippen LogP contribution < -0.4 is 5.32 Å². The zero-order chi connectivity index (χ0) is 25.4. The summed E-state index contributed by atoms with van der Waals surface area (Å²) in [6, 6.07) is 26.1. The number of aryl methyl sites for hydroxylation is 2. The molecule has 0 bridgehead atoms. The van der Waals surface area contributed by atoms with Crippen molar-refractivity contribution in [3.05, 3.63) is 102 Å². The third-order valence-electron chi connectivity index (χ3n) is 5.86. The van der Waals surface area contributed by atoms with E-state index in [1.807, 2.05) is 80.6 Å². The van der Waals surface area contributed by atoms with Crippen LogP contribution in [0.3, 0.4) is 0 Å². The van der Waals surface area contributed by atoms with Crippen LogP contribution in [0.1, 0.15) is 21.5 Å². The van der Waals surface area contributed by atoms with Crippen LogP contribution in [-0.2, 0) is 9.84 Å². The minimum absolute atomic E-state index is 0.172. The van der Waals surface area contributed by atoms with Crippen LogP contribution in [0.25, 0.3) is 31.9 Å². The molecule has 0 spiro atoms. The van der Waals surface area contributed by atoms with Gasteiger partial charge in [0.25, 0.3) is 5.91 Å². The van der Waals surface area contributed by atoms with Gasteiger partial charge in [0.2, 0.25) is 0 Å². The number of nitrogens with one attached hydrogen (secondary N) is 1. The standard InChI is InChI=1S/C29H24N2O3S2/c1-18-13-19(2)15-21(14-18)25-17-23(36(3,33)34)11-12-24(25)28(32)30-22-8-6-7-20(16-22)29-31-26-9-4-5-10-27(26)35-29/h4-17H,1-3H3,(H,30,32). The molecule has 5 aromatic rings. The molecule has 180 valence electrons. The number of aromatic nitrogens is 1. The highest BCUT2D eigenvalue weighted by molar-refractivity contribution is 7.90. The number of carbonyl (C=O) groups is 1. The molecule has 0 atom stereocenters. The van der Waals surface area contributed by atoms with Crippen molar-refractivity contribution < 1.29 is 13.2 Å². The molecule has 1 heterocycles. The lowest BCUT2D eigenvalue weighted by atomic mass is 9.96. The van der Waals surface area contributed by atoms with Crippen molar-refractivity contribution in [3.63, 3.8) is 0 Å². The topological polar surface area (TPSA) is 76.1 Å². The summed E-state index contributed by atoms with van der Waals surface area (Å²) < 4.78 is 25.6. The van der Waals surface area contributed by atoms with Crippen molar-refractivity contribution in [1.29, 1.82) is 0 Å². The number of hydrogen-bond donors (Lipinski definition) is 1. The Morgan fingerprint density at radius 1 is 0.833 bits per heavy atom. The Morgan fingerprint density at radius 2 is 1.58 bits per heavy atom.